The maximum atomic E-state index is 5.63. The van der Waals surface area contributed by atoms with E-state index >= 15 is 0 Å². The quantitative estimate of drug-likeness (QED) is 0.698. The van der Waals surface area contributed by atoms with Gasteiger partial charge in [0.05, 0.1) is 0 Å². The fraction of sp³-hybridized carbons (Fsp3) is 0.0667. The van der Waals surface area contributed by atoms with E-state index in [1.165, 1.54) is 0 Å². The summed E-state index contributed by atoms with van der Waals surface area (Å²) >= 11 is 0. The molecule has 0 spiro atoms. The molecule has 0 radical (unpaired) electrons. The molecular weight excluding hydrogens is 264 g/mol. The number of anilines is 2. The molecule has 0 fully saturated rings. The number of aromatic nitrogens is 4. The van der Waals surface area contributed by atoms with Crippen LogP contribution in [0.4, 0.5) is 11.4 Å². The summed E-state index contributed by atoms with van der Waals surface area (Å²) in [6.45, 7) is 0. The number of rotatable bonds is 2. The zero-order valence-electron chi connectivity index (χ0n) is 10.6. The van der Waals surface area contributed by atoms with Gasteiger partial charge in [-0.3, -0.25) is 0 Å². The van der Waals surface area contributed by atoms with Crippen LogP contribution in [0.3, 0.4) is 0 Å². The summed E-state index contributed by atoms with van der Waals surface area (Å²) in [7, 11) is 0. The first-order chi connectivity index (χ1) is 9.72. The Balaban J connectivity index is 0.00000161. The highest BCUT2D eigenvalue weighted by molar-refractivity contribution is 5.60. The number of hydrogen-bond acceptors (Lipinski definition) is 6. The number of nitrogens with two attached hydrogens (primary N) is 2. The van der Waals surface area contributed by atoms with Gasteiger partial charge in [-0.2, -0.15) is 0 Å². The van der Waals surface area contributed by atoms with Crippen molar-refractivity contribution in [3.8, 4) is 22.8 Å². The number of hydrogen-bond donors (Lipinski definition) is 2. The van der Waals surface area contributed by atoms with Crippen molar-refractivity contribution < 1.29 is 0 Å². The van der Waals surface area contributed by atoms with Crippen molar-refractivity contribution in [1.82, 2.24) is 20.4 Å². The molecule has 0 saturated heterocycles. The second-order valence-corrected chi connectivity index (χ2v) is 4.29. The first kappa shape index (κ1) is 14.4. The predicted molar refractivity (Wildman–Crippen MR) is 84.0 cm³/mol. The van der Waals surface area contributed by atoms with E-state index in [2.05, 4.69) is 20.4 Å². The largest absolute Gasteiger partial charge is 0.399 e. The molecule has 0 bridgehead atoms. The molecule has 0 saturated carbocycles. The lowest BCUT2D eigenvalue weighted by atomic mass is 10.2. The van der Waals surface area contributed by atoms with E-state index in [4.69, 9.17) is 11.5 Å². The van der Waals surface area contributed by atoms with Crippen LogP contribution >= 0.6 is 0 Å². The van der Waals surface area contributed by atoms with Crippen molar-refractivity contribution in [2.75, 3.05) is 11.5 Å². The third kappa shape index (κ3) is 3.11. The monoisotopic (exact) mass is 280 g/mol. The standard InChI is InChI=1S/C14H12N6.CH4/c15-11-5-1-9(2-6-11)13-17-19-14(20-18-13)10-3-7-12(16)8-4-10;/h1-8H,15-16H2;1H4. The third-order valence-electron chi connectivity index (χ3n) is 2.82. The first-order valence-corrected chi connectivity index (χ1v) is 6.01. The molecule has 0 atom stereocenters. The summed E-state index contributed by atoms with van der Waals surface area (Å²) < 4.78 is 0. The van der Waals surface area contributed by atoms with Crippen LogP contribution in [0, 0.1) is 0 Å². The van der Waals surface area contributed by atoms with Gasteiger partial charge in [-0.15, -0.1) is 20.4 Å². The van der Waals surface area contributed by atoms with Crippen LogP contribution < -0.4 is 11.5 Å². The molecule has 3 rings (SSSR count). The van der Waals surface area contributed by atoms with Crippen molar-refractivity contribution in [3.05, 3.63) is 48.5 Å². The van der Waals surface area contributed by atoms with Crippen LogP contribution in [0.1, 0.15) is 7.43 Å². The molecular formula is C15H16N6. The van der Waals surface area contributed by atoms with Crippen molar-refractivity contribution in [2.24, 2.45) is 0 Å². The average Bonchev–Trinajstić information content (AvgIpc) is 2.49. The SMILES string of the molecule is C.Nc1ccc(-c2nnc(-c3ccc(N)cc3)nn2)cc1. The third-order valence-corrected chi connectivity index (χ3v) is 2.82. The van der Waals surface area contributed by atoms with Crippen molar-refractivity contribution in [3.63, 3.8) is 0 Å². The Morgan fingerprint density at radius 3 is 1.10 bits per heavy atom. The van der Waals surface area contributed by atoms with E-state index in [0.717, 1.165) is 11.1 Å². The van der Waals surface area contributed by atoms with Gasteiger partial charge >= 0.3 is 0 Å². The van der Waals surface area contributed by atoms with Gasteiger partial charge in [0.1, 0.15) is 0 Å². The van der Waals surface area contributed by atoms with Gasteiger partial charge in [0.15, 0.2) is 0 Å². The Morgan fingerprint density at radius 1 is 0.524 bits per heavy atom. The lowest BCUT2D eigenvalue weighted by Crippen LogP contribution is -1.99. The van der Waals surface area contributed by atoms with Gasteiger partial charge in [0.2, 0.25) is 11.6 Å². The minimum absolute atomic E-state index is 0. The lowest BCUT2D eigenvalue weighted by molar-refractivity contribution is 0.876. The van der Waals surface area contributed by atoms with Crippen LogP contribution in [0.2, 0.25) is 0 Å². The van der Waals surface area contributed by atoms with Crippen molar-refractivity contribution >= 4 is 11.4 Å². The van der Waals surface area contributed by atoms with Gasteiger partial charge in [0.25, 0.3) is 0 Å². The molecule has 21 heavy (non-hydrogen) atoms. The maximum Gasteiger partial charge on any atom is 0.203 e. The Hall–Kier alpha value is -3.02. The van der Waals surface area contributed by atoms with Crippen molar-refractivity contribution in [1.29, 1.82) is 0 Å². The fourth-order valence-electron chi connectivity index (χ4n) is 1.72. The zero-order valence-corrected chi connectivity index (χ0v) is 10.6. The number of benzene rings is 2. The number of nitrogen functional groups attached to an aromatic ring is 2. The smallest absolute Gasteiger partial charge is 0.203 e. The summed E-state index contributed by atoms with van der Waals surface area (Å²) in [6, 6.07) is 14.5. The van der Waals surface area contributed by atoms with E-state index in [0.29, 0.717) is 23.0 Å². The lowest BCUT2D eigenvalue weighted by Gasteiger charge is -2.01. The molecule has 6 nitrogen and oxygen atoms in total. The molecule has 0 aliphatic heterocycles. The average molecular weight is 280 g/mol. The van der Waals surface area contributed by atoms with Crippen LogP contribution in [0.25, 0.3) is 22.8 Å². The van der Waals surface area contributed by atoms with Gasteiger partial charge in [-0.05, 0) is 48.5 Å². The normalized spacial score (nSPS) is 9.90. The zero-order chi connectivity index (χ0) is 13.9. The minimum atomic E-state index is 0. The second kappa shape index (κ2) is 5.96. The summed E-state index contributed by atoms with van der Waals surface area (Å²) in [5, 5.41) is 16.3. The molecule has 0 aliphatic rings. The van der Waals surface area contributed by atoms with Gasteiger partial charge in [0, 0.05) is 22.5 Å². The van der Waals surface area contributed by atoms with Crippen LogP contribution in [-0.4, -0.2) is 20.4 Å². The van der Waals surface area contributed by atoms with Crippen LogP contribution in [0.15, 0.2) is 48.5 Å². The van der Waals surface area contributed by atoms with Crippen LogP contribution in [-0.2, 0) is 0 Å². The van der Waals surface area contributed by atoms with E-state index in [9.17, 15) is 0 Å². The van der Waals surface area contributed by atoms with Crippen LogP contribution in [0.5, 0.6) is 0 Å². The molecule has 0 amide bonds. The summed E-state index contributed by atoms with van der Waals surface area (Å²) in [5.41, 5.74) is 14.3. The molecule has 1 heterocycles. The Labute approximate surface area is 122 Å². The molecule has 2 aromatic carbocycles. The predicted octanol–water partition coefficient (Wildman–Crippen LogP) is 2.40. The molecule has 4 N–H and O–H groups in total. The summed E-state index contributed by atoms with van der Waals surface area (Å²) in [4.78, 5) is 0. The second-order valence-electron chi connectivity index (χ2n) is 4.29. The van der Waals surface area contributed by atoms with Gasteiger partial charge in [-0.25, -0.2) is 0 Å². The first-order valence-electron chi connectivity index (χ1n) is 6.01. The van der Waals surface area contributed by atoms with E-state index in [-0.39, 0.29) is 7.43 Å². The van der Waals surface area contributed by atoms with Crippen molar-refractivity contribution in [2.45, 2.75) is 7.43 Å². The molecule has 0 aliphatic carbocycles. The van der Waals surface area contributed by atoms with E-state index in [1.54, 1.807) is 24.3 Å². The topological polar surface area (TPSA) is 104 Å². The molecule has 106 valence electrons. The highest BCUT2D eigenvalue weighted by Gasteiger charge is 2.06. The Bertz CT molecular complexity index is 640. The van der Waals surface area contributed by atoms with E-state index < -0.39 is 0 Å². The molecule has 3 aromatic rings. The molecule has 1 aromatic heterocycles. The molecule has 0 unspecified atom stereocenters. The fourth-order valence-corrected chi connectivity index (χ4v) is 1.72. The van der Waals surface area contributed by atoms with Gasteiger partial charge in [-0.1, -0.05) is 7.43 Å². The molecule has 6 heteroatoms. The Kier molecular flexibility index (Phi) is 4.08. The maximum absolute atomic E-state index is 5.63. The minimum Gasteiger partial charge on any atom is -0.399 e. The van der Waals surface area contributed by atoms with Gasteiger partial charge < -0.3 is 11.5 Å². The van der Waals surface area contributed by atoms with E-state index in [1.807, 2.05) is 24.3 Å². The highest BCUT2D eigenvalue weighted by Crippen LogP contribution is 2.18. The summed E-state index contributed by atoms with van der Waals surface area (Å²) in [6.07, 6.45) is 0. The Morgan fingerprint density at radius 2 is 0.810 bits per heavy atom. The number of nitrogens with zero attached hydrogens (tertiary/aromatic N) is 4. The summed E-state index contributed by atoms with van der Waals surface area (Å²) in [5.74, 6) is 0.924. The highest BCUT2D eigenvalue weighted by atomic mass is 15.3.